The quantitative estimate of drug-likeness (QED) is 0.468. The van der Waals surface area contributed by atoms with Crippen LogP contribution >= 0.6 is 0 Å². The van der Waals surface area contributed by atoms with Crippen LogP contribution in [0.4, 0.5) is 10.6 Å². The molecule has 9 heteroatoms. The highest BCUT2D eigenvalue weighted by Gasteiger charge is 2.29. The number of benzene rings is 2. The number of carboxylic acids is 1. The number of alkyl carbamates (subject to hydrolysis) is 1. The van der Waals surface area contributed by atoms with E-state index < -0.39 is 12.1 Å². The average molecular weight is 463 g/mol. The van der Waals surface area contributed by atoms with Crippen molar-refractivity contribution in [3.8, 4) is 11.1 Å². The fraction of sp³-hybridized carbons (Fsp3) is 0.280. The van der Waals surface area contributed by atoms with Gasteiger partial charge in [-0.15, -0.1) is 0 Å². The molecule has 2 amide bonds. The second-order valence-corrected chi connectivity index (χ2v) is 8.29. The minimum Gasteiger partial charge on any atom is -0.477 e. The molecule has 1 unspecified atom stereocenters. The van der Waals surface area contributed by atoms with Crippen LogP contribution in [0.25, 0.3) is 11.1 Å². The molecule has 0 saturated carbocycles. The highest BCUT2D eigenvalue weighted by molar-refractivity contribution is 5.99. The summed E-state index contributed by atoms with van der Waals surface area (Å²) in [6.45, 7) is 1.99. The van der Waals surface area contributed by atoms with Gasteiger partial charge < -0.3 is 20.5 Å². The van der Waals surface area contributed by atoms with Crippen LogP contribution in [0.5, 0.6) is 0 Å². The van der Waals surface area contributed by atoms with Crippen molar-refractivity contribution in [2.24, 2.45) is 7.05 Å². The van der Waals surface area contributed by atoms with E-state index in [4.69, 9.17) is 4.74 Å². The Morgan fingerprint density at radius 1 is 1.09 bits per heavy atom. The van der Waals surface area contributed by atoms with Gasteiger partial charge in [0.1, 0.15) is 18.0 Å². The first-order chi connectivity index (χ1) is 16.3. The summed E-state index contributed by atoms with van der Waals surface area (Å²) in [6, 6.07) is 15.9. The van der Waals surface area contributed by atoms with Gasteiger partial charge in [0, 0.05) is 25.4 Å². The highest BCUT2D eigenvalue weighted by Crippen LogP contribution is 2.44. The van der Waals surface area contributed by atoms with Gasteiger partial charge in [0.15, 0.2) is 0 Å². The van der Waals surface area contributed by atoms with Crippen molar-refractivity contribution in [1.29, 1.82) is 0 Å². The van der Waals surface area contributed by atoms with Crippen LogP contribution in [0.1, 0.15) is 47.2 Å². The Morgan fingerprint density at radius 3 is 2.32 bits per heavy atom. The maximum Gasteiger partial charge on any atom is 0.407 e. The standard InChI is InChI=1S/C25H26N4O5/c1-15(11-12-22(30)28-23-20(24(31)32)13-26-29(23)2)27-25(33)34-14-21-18-9-5-3-7-16(18)17-8-4-6-10-19(17)21/h3-10,13,15,21H,11-12,14H2,1-2H3,(H,27,33)(H,28,30)(H,31,32). The van der Waals surface area contributed by atoms with Crippen molar-refractivity contribution >= 4 is 23.8 Å². The van der Waals surface area contributed by atoms with Crippen molar-refractivity contribution in [3.63, 3.8) is 0 Å². The molecule has 2 aromatic carbocycles. The fourth-order valence-electron chi connectivity index (χ4n) is 4.20. The van der Waals surface area contributed by atoms with Crippen molar-refractivity contribution < 1.29 is 24.2 Å². The number of aromatic carboxylic acids is 1. The summed E-state index contributed by atoms with van der Waals surface area (Å²) in [5.41, 5.74) is 4.51. The highest BCUT2D eigenvalue weighted by atomic mass is 16.5. The molecule has 176 valence electrons. The number of hydrogen-bond acceptors (Lipinski definition) is 5. The molecule has 1 aliphatic rings. The van der Waals surface area contributed by atoms with Gasteiger partial charge in [-0.2, -0.15) is 5.10 Å². The van der Waals surface area contributed by atoms with E-state index in [1.165, 1.54) is 10.9 Å². The second-order valence-electron chi connectivity index (χ2n) is 8.29. The molecule has 0 fully saturated rings. The van der Waals surface area contributed by atoms with Crippen molar-refractivity contribution in [2.45, 2.75) is 31.7 Å². The normalized spacial score (nSPS) is 13.0. The van der Waals surface area contributed by atoms with Crippen LogP contribution in [0.15, 0.2) is 54.7 Å². The predicted octanol–water partition coefficient (Wildman–Crippen LogP) is 3.76. The van der Waals surface area contributed by atoms with Crippen LogP contribution in [0.3, 0.4) is 0 Å². The number of nitrogens with one attached hydrogen (secondary N) is 2. The summed E-state index contributed by atoms with van der Waals surface area (Å²) in [4.78, 5) is 35.9. The number of rotatable bonds is 8. The monoisotopic (exact) mass is 462 g/mol. The van der Waals surface area contributed by atoms with Crippen LogP contribution in [0.2, 0.25) is 0 Å². The Bertz CT molecular complexity index is 1190. The van der Waals surface area contributed by atoms with Crippen LogP contribution in [0, 0.1) is 0 Å². The lowest BCUT2D eigenvalue weighted by molar-refractivity contribution is -0.116. The largest absolute Gasteiger partial charge is 0.477 e. The summed E-state index contributed by atoms with van der Waals surface area (Å²) in [6.07, 6.45) is 1.08. The van der Waals surface area contributed by atoms with E-state index in [9.17, 15) is 19.5 Å². The number of ether oxygens (including phenoxy) is 1. The molecule has 1 aliphatic carbocycles. The SMILES string of the molecule is CC(CCC(=O)Nc1c(C(=O)O)cnn1C)NC(=O)OCC1c2ccccc2-c2ccccc21. The van der Waals surface area contributed by atoms with Crippen LogP contribution in [-0.2, 0) is 16.6 Å². The zero-order valence-corrected chi connectivity index (χ0v) is 18.9. The first-order valence-corrected chi connectivity index (χ1v) is 11.0. The molecule has 0 radical (unpaired) electrons. The number of carbonyl (C=O) groups excluding carboxylic acids is 2. The number of aromatic nitrogens is 2. The molecular weight excluding hydrogens is 436 g/mol. The summed E-state index contributed by atoms with van der Waals surface area (Å²) in [7, 11) is 1.55. The Hall–Kier alpha value is -4.14. The number of hydrogen-bond donors (Lipinski definition) is 3. The molecule has 0 saturated heterocycles. The van der Waals surface area contributed by atoms with Gasteiger partial charge in [-0.25, -0.2) is 9.59 Å². The molecule has 0 aliphatic heterocycles. The smallest absolute Gasteiger partial charge is 0.407 e. The molecule has 34 heavy (non-hydrogen) atoms. The predicted molar refractivity (Wildman–Crippen MR) is 126 cm³/mol. The lowest BCUT2D eigenvalue weighted by Crippen LogP contribution is -2.34. The van der Waals surface area contributed by atoms with E-state index in [0.717, 1.165) is 22.3 Å². The Labute approximate surface area is 196 Å². The van der Waals surface area contributed by atoms with Crippen molar-refractivity contribution in [2.75, 3.05) is 11.9 Å². The lowest BCUT2D eigenvalue weighted by atomic mass is 9.98. The number of carboxylic acid groups (broad SMARTS) is 1. The summed E-state index contributed by atoms with van der Waals surface area (Å²) < 4.78 is 6.82. The van der Waals surface area contributed by atoms with Gasteiger partial charge in [0.05, 0.1) is 6.20 Å². The number of aryl methyl sites for hydroxylation is 1. The number of fused-ring (bicyclic) bond motifs is 3. The zero-order chi connectivity index (χ0) is 24.2. The first kappa shape index (κ1) is 23.0. The maximum absolute atomic E-state index is 12.4. The van der Waals surface area contributed by atoms with Crippen LogP contribution < -0.4 is 10.6 Å². The third-order valence-corrected chi connectivity index (χ3v) is 5.94. The second kappa shape index (κ2) is 9.78. The molecule has 0 spiro atoms. The molecule has 3 N–H and O–H groups in total. The van der Waals surface area contributed by atoms with E-state index in [2.05, 4.69) is 40.0 Å². The summed E-state index contributed by atoms with van der Waals surface area (Å²) >= 11 is 0. The van der Waals surface area contributed by atoms with E-state index in [1.54, 1.807) is 14.0 Å². The molecule has 1 heterocycles. The van der Waals surface area contributed by atoms with Crippen LogP contribution in [-0.4, -0.2) is 45.5 Å². The number of anilines is 1. The average Bonchev–Trinajstić information content (AvgIpc) is 3.34. The Kier molecular flexibility index (Phi) is 6.62. The molecule has 3 aromatic rings. The number of amides is 2. The van der Waals surface area contributed by atoms with Crippen molar-refractivity contribution in [3.05, 3.63) is 71.4 Å². The summed E-state index contributed by atoms with van der Waals surface area (Å²) in [5, 5.41) is 18.4. The van der Waals surface area contributed by atoms with Gasteiger partial charge in [-0.05, 0) is 35.6 Å². The van der Waals surface area contributed by atoms with E-state index >= 15 is 0 Å². The van der Waals surface area contributed by atoms with E-state index in [1.807, 2.05) is 24.3 Å². The first-order valence-electron chi connectivity index (χ1n) is 11.0. The Balaban J connectivity index is 1.27. The third kappa shape index (κ3) is 4.78. The fourth-order valence-corrected chi connectivity index (χ4v) is 4.20. The van der Waals surface area contributed by atoms with Gasteiger partial charge in [0.25, 0.3) is 0 Å². The van der Waals surface area contributed by atoms with E-state index in [0.29, 0.717) is 6.42 Å². The van der Waals surface area contributed by atoms with Gasteiger partial charge in [-0.1, -0.05) is 48.5 Å². The summed E-state index contributed by atoms with van der Waals surface area (Å²) in [5.74, 6) is -1.45. The van der Waals surface area contributed by atoms with E-state index in [-0.39, 0.29) is 42.3 Å². The molecule has 4 rings (SSSR count). The van der Waals surface area contributed by atoms with Gasteiger partial charge >= 0.3 is 12.1 Å². The maximum atomic E-state index is 12.4. The molecule has 9 nitrogen and oxygen atoms in total. The minimum absolute atomic E-state index is 0.0263. The zero-order valence-electron chi connectivity index (χ0n) is 18.9. The number of nitrogens with zero attached hydrogens (tertiary/aromatic N) is 2. The number of carbonyl (C=O) groups is 3. The van der Waals surface area contributed by atoms with Gasteiger partial charge in [0.2, 0.25) is 5.91 Å². The third-order valence-electron chi connectivity index (χ3n) is 5.94. The molecule has 1 aromatic heterocycles. The minimum atomic E-state index is -1.17. The molecule has 0 bridgehead atoms. The van der Waals surface area contributed by atoms with Gasteiger partial charge in [-0.3, -0.25) is 9.48 Å². The molecule has 1 atom stereocenters. The lowest BCUT2D eigenvalue weighted by Gasteiger charge is -2.17. The topological polar surface area (TPSA) is 123 Å². The molecular formula is C25H26N4O5. The Morgan fingerprint density at radius 2 is 1.71 bits per heavy atom. The van der Waals surface area contributed by atoms with Crippen molar-refractivity contribution in [1.82, 2.24) is 15.1 Å².